The zero-order chi connectivity index (χ0) is 48.4. The molecule has 17 heteroatoms. The summed E-state index contributed by atoms with van der Waals surface area (Å²) < 4.78 is 43.2. The number of aromatic nitrogens is 3. The first-order valence-electron chi connectivity index (χ1n) is 24.1. The summed E-state index contributed by atoms with van der Waals surface area (Å²) in [6, 6.07) is 16.8. The summed E-state index contributed by atoms with van der Waals surface area (Å²) in [4.78, 5) is 69.8. The van der Waals surface area contributed by atoms with Crippen molar-refractivity contribution >= 4 is 51.5 Å². The molecule has 0 bridgehead atoms. The number of hydrogen-bond donors (Lipinski definition) is 5. The fourth-order valence-corrected chi connectivity index (χ4v) is 9.65. The zero-order valence-corrected chi connectivity index (χ0v) is 39.2. The molecule has 5 aromatic rings. The summed E-state index contributed by atoms with van der Waals surface area (Å²) >= 11 is 0. The van der Waals surface area contributed by atoms with E-state index >= 15 is 0 Å². The van der Waals surface area contributed by atoms with Crippen molar-refractivity contribution in [2.24, 2.45) is 13.0 Å². The molecule has 5 amide bonds. The number of nitrogens with zero attached hydrogens (tertiary/aromatic N) is 4. The summed E-state index contributed by atoms with van der Waals surface area (Å²) in [5.41, 5.74) is 2.45. The molecule has 0 radical (unpaired) electrons. The lowest BCUT2D eigenvalue weighted by Crippen LogP contribution is -2.59. The van der Waals surface area contributed by atoms with Crippen LogP contribution in [0.1, 0.15) is 106 Å². The van der Waals surface area contributed by atoms with Crippen LogP contribution in [-0.2, 0) is 38.8 Å². The second-order valence-electron chi connectivity index (χ2n) is 18.2. The molecule has 4 atom stereocenters. The van der Waals surface area contributed by atoms with Gasteiger partial charge in [0.15, 0.2) is 5.65 Å². The standard InChI is InChI=1S/C51H64F3N9O5/c1-4-55-48(66)41(30-34-16-9-7-10-17-34)58-49(67)43-20-15-29-62(43)50(68)44(35-18-11-8-12-19-35)59-46(64)33(2)56-27-13-5-6-14-28-57-47(65)36-21-26-42-39(31-36)40-32-61(3)60-45(40)63(42)38-24-22-37(23-25-38)51(52,53)54/h7,9-10,16-17,21-26,31-33,35,41,43-44,56H,4-6,8,11-15,18-20,27-30H2,1-3H3,(H,55,66)(H,57,65)(H,58,67)(H,59,64)/t33?,41?,43-,44?/m0/s1. The Morgan fingerprint density at radius 2 is 1.51 bits per heavy atom. The number of aryl methyl sites for hydroxylation is 1. The first-order chi connectivity index (χ1) is 32.7. The first-order valence-corrected chi connectivity index (χ1v) is 24.1. The number of unbranched alkanes of at least 4 members (excludes halogenated alkanes) is 3. The highest BCUT2D eigenvalue weighted by molar-refractivity contribution is 6.10. The van der Waals surface area contributed by atoms with Crippen LogP contribution in [-0.4, -0.2) is 99.1 Å². The Hall–Kier alpha value is -6.23. The van der Waals surface area contributed by atoms with Gasteiger partial charge in [-0.2, -0.15) is 18.3 Å². The molecule has 1 saturated carbocycles. The molecule has 68 heavy (non-hydrogen) atoms. The summed E-state index contributed by atoms with van der Waals surface area (Å²) in [6.45, 7) is 5.48. The average molecular weight is 940 g/mol. The fraction of sp³-hybridized carbons (Fsp3) is 0.490. The van der Waals surface area contributed by atoms with Crippen LogP contribution in [0.4, 0.5) is 13.2 Å². The van der Waals surface area contributed by atoms with Gasteiger partial charge in [-0.1, -0.05) is 62.4 Å². The van der Waals surface area contributed by atoms with E-state index in [0.29, 0.717) is 62.3 Å². The van der Waals surface area contributed by atoms with Crippen molar-refractivity contribution in [3.8, 4) is 5.69 Å². The van der Waals surface area contributed by atoms with Crippen LogP contribution in [0.3, 0.4) is 0 Å². The topological polar surface area (TPSA) is 171 Å². The van der Waals surface area contributed by atoms with Crippen molar-refractivity contribution < 1.29 is 37.1 Å². The molecule has 2 fully saturated rings. The van der Waals surface area contributed by atoms with E-state index in [1.807, 2.05) is 43.5 Å². The number of fused-ring (bicyclic) bond motifs is 3. The van der Waals surface area contributed by atoms with E-state index in [1.54, 1.807) is 46.3 Å². The van der Waals surface area contributed by atoms with Gasteiger partial charge in [-0.15, -0.1) is 0 Å². The predicted molar refractivity (Wildman–Crippen MR) is 255 cm³/mol. The Morgan fingerprint density at radius 1 is 0.794 bits per heavy atom. The van der Waals surface area contributed by atoms with Gasteiger partial charge in [0.05, 0.1) is 17.1 Å². The molecule has 364 valence electrons. The van der Waals surface area contributed by atoms with Gasteiger partial charge in [0, 0.05) is 61.3 Å². The van der Waals surface area contributed by atoms with Crippen molar-refractivity contribution in [2.75, 3.05) is 26.2 Å². The molecule has 14 nitrogen and oxygen atoms in total. The minimum atomic E-state index is -4.45. The van der Waals surface area contributed by atoms with Crippen LogP contribution < -0.4 is 26.6 Å². The quantitative estimate of drug-likeness (QED) is 0.0540. The molecule has 1 aliphatic heterocycles. The maximum absolute atomic E-state index is 14.4. The number of hydrogen-bond acceptors (Lipinski definition) is 7. The Morgan fingerprint density at radius 3 is 2.22 bits per heavy atom. The van der Waals surface area contributed by atoms with Crippen LogP contribution in [0.15, 0.2) is 79.0 Å². The highest BCUT2D eigenvalue weighted by Crippen LogP contribution is 2.35. The maximum atomic E-state index is 14.4. The summed E-state index contributed by atoms with van der Waals surface area (Å²) in [5, 5.41) is 21.3. The third-order valence-corrected chi connectivity index (χ3v) is 13.3. The number of rotatable bonds is 20. The number of likely N-dealkylation sites (N-methyl/N-ethyl adjacent to an activating group) is 1. The molecule has 1 aliphatic carbocycles. The number of alkyl halides is 3. The second kappa shape index (κ2) is 22.7. The number of benzene rings is 3. The van der Waals surface area contributed by atoms with Gasteiger partial charge in [0.2, 0.25) is 23.6 Å². The van der Waals surface area contributed by atoms with E-state index in [-0.39, 0.29) is 35.5 Å². The molecule has 3 heterocycles. The van der Waals surface area contributed by atoms with Gasteiger partial charge in [-0.05, 0) is 113 Å². The molecule has 2 aliphatic rings. The maximum Gasteiger partial charge on any atom is 0.416 e. The minimum Gasteiger partial charge on any atom is -0.355 e. The fourth-order valence-electron chi connectivity index (χ4n) is 9.65. The van der Waals surface area contributed by atoms with Gasteiger partial charge in [-0.25, -0.2) is 0 Å². The smallest absolute Gasteiger partial charge is 0.355 e. The predicted octanol–water partition coefficient (Wildman–Crippen LogP) is 6.72. The largest absolute Gasteiger partial charge is 0.416 e. The van der Waals surface area contributed by atoms with Crippen LogP contribution >= 0.6 is 0 Å². The van der Waals surface area contributed by atoms with Crippen molar-refractivity contribution in [3.05, 3.63) is 95.7 Å². The van der Waals surface area contributed by atoms with Gasteiger partial charge in [0.1, 0.15) is 18.1 Å². The van der Waals surface area contributed by atoms with Gasteiger partial charge >= 0.3 is 6.18 Å². The molecule has 0 spiro atoms. The van der Waals surface area contributed by atoms with Crippen molar-refractivity contribution in [2.45, 2.75) is 121 Å². The lowest BCUT2D eigenvalue weighted by Gasteiger charge is -2.35. The third-order valence-electron chi connectivity index (χ3n) is 13.3. The van der Waals surface area contributed by atoms with E-state index in [9.17, 15) is 37.1 Å². The molecular weight excluding hydrogens is 876 g/mol. The molecule has 3 unspecified atom stereocenters. The number of likely N-dealkylation sites (tertiary alicyclic amines) is 1. The molecule has 3 aromatic carbocycles. The average Bonchev–Trinajstić information content (AvgIpc) is 4.05. The number of carbonyl (C=O) groups is 5. The summed E-state index contributed by atoms with van der Waals surface area (Å²) in [5.74, 6) is -1.44. The van der Waals surface area contributed by atoms with Crippen LogP contribution in [0.2, 0.25) is 0 Å². The third kappa shape index (κ3) is 12.1. The highest BCUT2D eigenvalue weighted by Gasteiger charge is 2.42. The molecule has 7 rings (SSSR count). The Kier molecular flexibility index (Phi) is 16.6. The van der Waals surface area contributed by atoms with E-state index in [2.05, 4.69) is 31.7 Å². The summed E-state index contributed by atoms with van der Waals surface area (Å²) in [6.07, 6.45) is 6.73. The Bertz CT molecular complexity index is 2540. The molecular formula is C51H64F3N9O5. The second-order valence-corrected chi connectivity index (χ2v) is 18.2. The minimum absolute atomic E-state index is 0.0404. The Balaban J connectivity index is 0.868. The number of carbonyl (C=O) groups excluding carboxylic acids is 5. The van der Waals surface area contributed by atoms with E-state index in [0.717, 1.165) is 91.8 Å². The van der Waals surface area contributed by atoms with Crippen molar-refractivity contribution in [1.82, 2.24) is 45.8 Å². The highest BCUT2D eigenvalue weighted by atomic mass is 19.4. The number of nitrogens with one attached hydrogen (secondary N) is 5. The van der Waals surface area contributed by atoms with Crippen LogP contribution in [0.5, 0.6) is 0 Å². The van der Waals surface area contributed by atoms with E-state index in [4.69, 9.17) is 0 Å². The van der Waals surface area contributed by atoms with Crippen molar-refractivity contribution in [3.63, 3.8) is 0 Å². The number of amides is 5. The normalized spacial score (nSPS) is 16.9. The lowest BCUT2D eigenvalue weighted by molar-refractivity contribution is -0.143. The molecule has 2 aromatic heterocycles. The van der Waals surface area contributed by atoms with Crippen LogP contribution in [0, 0.1) is 5.92 Å². The van der Waals surface area contributed by atoms with Gasteiger partial charge < -0.3 is 31.5 Å². The summed E-state index contributed by atoms with van der Waals surface area (Å²) in [7, 11) is 1.77. The molecule has 1 saturated heterocycles. The van der Waals surface area contributed by atoms with Crippen LogP contribution in [0.25, 0.3) is 27.6 Å². The van der Waals surface area contributed by atoms with Gasteiger partial charge in [-0.3, -0.25) is 33.2 Å². The number of halogens is 3. The van der Waals surface area contributed by atoms with E-state index in [1.165, 1.54) is 12.1 Å². The SMILES string of the molecule is CCNC(=O)C(Cc1ccccc1)NC(=O)[C@@H]1CCCN1C(=O)C(NC(=O)C(C)NCCCCCCNC(=O)c1ccc2c(c1)c1cn(C)nc1n2-c1ccc(C(F)(F)F)cc1)C1CCCCC1. The monoisotopic (exact) mass is 939 g/mol. The zero-order valence-electron chi connectivity index (χ0n) is 39.2. The molecule has 5 N–H and O–H groups in total. The van der Waals surface area contributed by atoms with Crippen molar-refractivity contribution in [1.29, 1.82) is 0 Å². The Labute approximate surface area is 395 Å². The first kappa shape index (κ1) is 49.7. The lowest BCUT2D eigenvalue weighted by atomic mass is 9.83. The van der Waals surface area contributed by atoms with Gasteiger partial charge in [0.25, 0.3) is 5.91 Å². The van der Waals surface area contributed by atoms with E-state index < -0.39 is 35.9 Å².